The number of hydrogen-bond donors (Lipinski definition) is 2. The Morgan fingerprint density at radius 1 is 1.44 bits per heavy atom. The summed E-state index contributed by atoms with van der Waals surface area (Å²) >= 11 is 0. The molecule has 0 amide bonds. The Bertz CT molecular complexity index is 601. The molecule has 2 rings (SSSR count). The van der Waals surface area contributed by atoms with Gasteiger partial charge in [0.15, 0.2) is 0 Å². The van der Waals surface area contributed by atoms with Gasteiger partial charge in [-0.15, -0.1) is 0 Å². The Balaban J connectivity index is 2.44. The summed E-state index contributed by atoms with van der Waals surface area (Å²) in [6.45, 7) is 2.58. The van der Waals surface area contributed by atoms with Crippen LogP contribution in [0.5, 0.6) is 0 Å². The number of benzene rings is 1. The quantitative estimate of drug-likeness (QED) is 0.860. The molecule has 0 aliphatic carbocycles. The van der Waals surface area contributed by atoms with Crippen molar-refractivity contribution in [3.05, 3.63) is 51.7 Å². The fourth-order valence-electron chi connectivity index (χ4n) is 1.92. The smallest absolute Gasteiger partial charge is 0.274 e. The van der Waals surface area contributed by atoms with Crippen molar-refractivity contribution in [2.45, 2.75) is 13.3 Å². The maximum absolute atomic E-state index is 13.2. The van der Waals surface area contributed by atoms with Gasteiger partial charge in [0, 0.05) is 11.3 Å². The Morgan fingerprint density at radius 3 is 2.89 bits per heavy atom. The summed E-state index contributed by atoms with van der Waals surface area (Å²) in [7, 11) is 1.84. The van der Waals surface area contributed by atoms with Crippen LogP contribution in [0.25, 0.3) is 5.69 Å². The molecule has 1 heterocycles. The number of rotatable bonds is 4. The van der Waals surface area contributed by atoms with Gasteiger partial charge in [0.1, 0.15) is 5.82 Å². The van der Waals surface area contributed by atoms with E-state index in [0.717, 1.165) is 17.8 Å². The Labute approximate surface area is 104 Å². The molecule has 96 valence electrons. The third kappa shape index (κ3) is 2.36. The third-order valence-corrected chi connectivity index (χ3v) is 2.88. The van der Waals surface area contributed by atoms with Crippen molar-refractivity contribution >= 4 is 0 Å². The molecule has 0 radical (unpaired) electrons. The number of hydrogen-bond acceptors (Lipinski definition) is 2. The van der Waals surface area contributed by atoms with Gasteiger partial charge in [-0.3, -0.25) is 9.89 Å². The van der Waals surface area contributed by atoms with E-state index in [1.54, 1.807) is 12.1 Å². The van der Waals surface area contributed by atoms with Crippen LogP contribution in [0.15, 0.2) is 29.1 Å². The number of nitrogens with one attached hydrogen (secondary N) is 2. The number of likely N-dealkylation sites (N-methyl/N-ethyl adjacent to an activating group) is 1. The van der Waals surface area contributed by atoms with Crippen LogP contribution in [0.1, 0.15) is 11.3 Å². The zero-order valence-corrected chi connectivity index (χ0v) is 10.5. The van der Waals surface area contributed by atoms with Crippen LogP contribution < -0.4 is 10.9 Å². The monoisotopic (exact) mass is 249 g/mol. The largest absolute Gasteiger partial charge is 0.319 e. The first kappa shape index (κ1) is 12.6. The number of nitrogens with zero attached hydrogens (tertiary/aromatic N) is 1. The molecule has 0 aliphatic heterocycles. The summed E-state index contributed by atoms with van der Waals surface area (Å²) in [6, 6.07) is 5.97. The molecule has 0 saturated heterocycles. The molecule has 0 spiro atoms. The van der Waals surface area contributed by atoms with Crippen LogP contribution in [0, 0.1) is 12.7 Å². The number of aryl methyl sites for hydroxylation is 1. The van der Waals surface area contributed by atoms with Crippen molar-refractivity contribution in [1.82, 2.24) is 15.1 Å². The van der Waals surface area contributed by atoms with E-state index in [-0.39, 0.29) is 11.4 Å². The molecule has 2 aromatic rings. The van der Waals surface area contributed by atoms with E-state index >= 15 is 0 Å². The maximum atomic E-state index is 13.2. The highest BCUT2D eigenvalue weighted by molar-refractivity contribution is 5.33. The minimum absolute atomic E-state index is 0.117. The van der Waals surface area contributed by atoms with Crippen molar-refractivity contribution < 1.29 is 4.39 Å². The molecule has 4 nitrogen and oxygen atoms in total. The molecule has 18 heavy (non-hydrogen) atoms. The van der Waals surface area contributed by atoms with Crippen molar-refractivity contribution in [2.24, 2.45) is 0 Å². The van der Waals surface area contributed by atoms with Gasteiger partial charge in [0.05, 0.1) is 5.69 Å². The van der Waals surface area contributed by atoms with Gasteiger partial charge in [0.25, 0.3) is 5.56 Å². The van der Waals surface area contributed by atoms with Gasteiger partial charge < -0.3 is 5.32 Å². The summed E-state index contributed by atoms with van der Waals surface area (Å²) in [5.74, 6) is -0.358. The first-order valence-electron chi connectivity index (χ1n) is 5.84. The molecule has 1 aromatic carbocycles. The van der Waals surface area contributed by atoms with Crippen LogP contribution in [0.3, 0.4) is 0 Å². The van der Waals surface area contributed by atoms with E-state index in [1.165, 1.54) is 16.8 Å². The third-order valence-electron chi connectivity index (χ3n) is 2.88. The lowest BCUT2D eigenvalue weighted by atomic mass is 10.2. The molecular formula is C13H16FN3O. The number of aromatic amines is 1. The summed E-state index contributed by atoms with van der Waals surface area (Å²) in [4.78, 5) is 12.2. The van der Waals surface area contributed by atoms with E-state index in [4.69, 9.17) is 0 Å². The summed E-state index contributed by atoms with van der Waals surface area (Å²) in [5, 5.41) is 5.98. The molecule has 0 aliphatic rings. The second-order valence-electron chi connectivity index (χ2n) is 4.19. The highest BCUT2D eigenvalue weighted by Gasteiger charge is 2.11. The van der Waals surface area contributed by atoms with Gasteiger partial charge in [-0.05, 0) is 45.1 Å². The fourth-order valence-corrected chi connectivity index (χ4v) is 1.92. The second-order valence-corrected chi connectivity index (χ2v) is 4.19. The van der Waals surface area contributed by atoms with Crippen molar-refractivity contribution in [3.8, 4) is 5.69 Å². The highest BCUT2D eigenvalue weighted by Crippen LogP contribution is 2.09. The SMILES string of the molecule is CNCCc1c(C)[nH]n(-c2cccc(F)c2)c1=O. The summed E-state index contributed by atoms with van der Waals surface area (Å²) < 4.78 is 14.5. The van der Waals surface area contributed by atoms with Crippen LogP contribution in [0.4, 0.5) is 4.39 Å². The first-order chi connectivity index (χ1) is 8.63. The van der Waals surface area contributed by atoms with E-state index < -0.39 is 0 Å². The van der Waals surface area contributed by atoms with Crippen molar-refractivity contribution in [1.29, 1.82) is 0 Å². The average molecular weight is 249 g/mol. The molecule has 1 aromatic heterocycles. The number of aromatic nitrogens is 2. The Morgan fingerprint density at radius 2 is 2.22 bits per heavy atom. The second kappa shape index (κ2) is 5.18. The topological polar surface area (TPSA) is 49.8 Å². The minimum atomic E-state index is -0.358. The molecule has 0 unspecified atom stereocenters. The van der Waals surface area contributed by atoms with Gasteiger partial charge in [-0.2, -0.15) is 0 Å². The molecule has 5 heteroatoms. The zero-order valence-electron chi connectivity index (χ0n) is 10.5. The molecule has 0 bridgehead atoms. The van der Waals surface area contributed by atoms with Gasteiger partial charge >= 0.3 is 0 Å². The van der Waals surface area contributed by atoms with Crippen LogP contribution in [0.2, 0.25) is 0 Å². The van der Waals surface area contributed by atoms with Gasteiger partial charge in [-0.1, -0.05) is 6.07 Å². The molecule has 2 N–H and O–H groups in total. The lowest BCUT2D eigenvalue weighted by Gasteiger charge is -2.00. The van der Waals surface area contributed by atoms with Crippen molar-refractivity contribution in [3.63, 3.8) is 0 Å². The summed E-state index contributed by atoms with van der Waals surface area (Å²) in [5.41, 5.74) is 1.94. The van der Waals surface area contributed by atoms with E-state index in [2.05, 4.69) is 10.4 Å². The predicted octanol–water partition coefficient (Wildman–Crippen LogP) is 1.38. The van der Waals surface area contributed by atoms with Gasteiger partial charge in [-0.25, -0.2) is 9.07 Å². The molecular weight excluding hydrogens is 233 g/mol. The lowest BCUT2D eigenvalue weighted by Crippen LogP contribution is -2.20. The number of halogens is 1. The standard InChI is InChI=1S/C13H16FN3O/c1-9-12(6-7-15-2)13(18)17(16-9)11-5-3-4-10(14)8-11/h3-5,8,15-16H,6-7H2,1-2H3. The van der Waals surface area contributed by atoms with Crippen LogP contribution in [-0.4, -0.2) is 23.4 Å². The van der Waals surface area contributed by atoms with Crippen LogP contribution >= 0.6 is 0 Å². The zero-order chi connectivity index (χ0) is 13.1. The number of H-pyrrole nitrogens is 1. The van der Waals surface area contributed by atoms with Gasteiger partial charge in [0.2, 0.25) is 0 Å². The summed E-state index contributed by atoms with van der Waals surface area (Å²) in [6.07, 6.45) is 0.653. The highest BCUT2D eigenvalue weighted by atomic mass is 19.1. The van der Waals surface area contributed by atoms with E-state index in [9.17, 15) is 9.18 Å². The average Bonchev–Trinajstić information content (AvgIpc) is 2.63. The molecule has 0 fully saturated rings. The normalized spacial score (nSPS) is 10.8. The minimum Gasteiger partial charge on any atom is -0.319 e. The first-order valence-corrected chi connectivity index (χ1v) is 5.84. The predicted molar refractivity (Wildman–Crippen MR) is 68.7 cm³/mol. The molecule has 0 saturated carbocycles. The lowest BCUT2D eigenvalue weighted by molar-refractivity contribution is 0.625. The maximum Gasteiger partial charge on any atom is 0.274 e. The Kier molecular flexibility index (Phi) is 3.62. The Hall–Kier alpha value is -1.88. The van der Waals surface area contributed by atoms with Crippen molar-refractivity contribution in [2.75, 3.05) is 13.6 Å². The van der Waals surface area contributed by atoms with E-state index in [0.29, 0.717) is 12.1 Å². The molecule has 0 atom stereocenters. The fraction of sp³-hybridized carbons (Fsp3) is 0.308. The van der Waals surface area contributed by atoms with Crippen LogP contribution in [-0.2, 0) is 6.42 Å². The van der Waals surface area contributed by atoms with E-state index in [1.807, 2.05) is 14.0 Å².